The van der Waals surface area contributed by atoms with Crippen molar-refractivity contribution in [1.29, 1.82) is 0 Å². The summed E-state index contributed by atoms with van der Waals surface area (Å²) in [5, 5.41) is 11.9. The van der Waals surface area contributed by atoms with Crippen molar-refractivity contribution >= 4 is 5.91 Å². The summed E-state index contributed by atoms with van der Waals surface area (Å²) in [7, 11) is 0. The molecular weight excluding hydrogens is 262 g/mol. The van der Waals surface area contributed by atoms with Gasteiger partial charge in [-0.15, -0.1) is 0 Å². The SMILES string of the molecule is CCCC1CC1NC(=O)c1ccc(C)c(C#CCCO)c1. The van der Waals surface area contributed by atoms with Gasteiger partial charge in [-0.1, -0.05) is 31.3 Å². The van der Waals surface area contributed by atoms with Crippen LogP contribution in [0.3, 0.4) is 0 Å². The molecular formula is C18H23NO2. The van der Waals surface area contributed by atoms with Gasteiger partial charge in [-0.2, -0.15) is 0 Å². The monoisotopic (exact) mass is 285 g/mol. The molecule has 1 aromatic carbocycles. The fourth-order valence-corrected chi connectivity index (χ4v) is 2.48. The summed E-state index contributed by atoms with van der Waals surface area (Å²) in [6.07, 6.45) is 3.92. The van der Waals surface area contributed by atoms with Crippen LogP contribution in [0.2, 0.25) is 0 Å². The molecule has 0 aliphatic heterocycles. The zero-order valence-electron chi connectivity index (χ0n) is 12.8. The highest BCUT2D eigenvalue weighted by atomic mass is 16.2. The maximum Gasteiger partial charge on any atom is 0.251 e. The number of nitrogens with one attached hydrogen (secondary N) is 1. The molecule has 2 N–H and O–H groups in total. The fourth-order valence-electron chi connectivity index (χ4n) is 2.48. The van der Waals surface area contributed by atoms with E-state index in [0.717, 1.165) is 17.5 Å². The minimum absolute atomic E-state index is 0.0104. The smallest absolute Gasteiger partial charge is 0.251 e. The van der Waals surface area contributed by atoms with Gasteiger partial charge < -0.3 is 10.4 Å². The van der Waals surface area contributed by atoms with Crippen molar-refractivity contribution in [2.75, 3.05) is 6.61 Å². The minimum atomic E-state index is -0.0104. The fraction of sp³-hybridized carbons (Fsp3) is 0.500. The Balaban J connectivity index is 2.02. The van der Waals surface area contributed by atoms with Crippen molar-refractivity contribution in [3.63, 3.8) is 0 Å². The van der Waals surface area contributed by atoms with E-state index in [-0.39, 0.29) is 12.5 Å². The first-order valence-electron chi connectivity index (χ1n) is 7.67. The lowest BCUT2D eigenvalue weighted by Crippen LogP contribution is -2.26. The van der Waals surface area contributed by atoms with Crippen LogP contribution in [0.25, 0.3) is 0 Å². The summed E-state index contributed by atoms with van der Waals surface area (Å²) in [6, 6.07) is 5.96. The van der Waals surface area contributed by atoms with Gasteiger partial charge >= 0.3 is 0 Å². The first kappa shape index (κ1) is 15.6. The summed E-state index contributed by atoms with van der Waals surface area (Å²) >= 11 is 0. The highest BCUT2D eigenvalue weighted by Gasteiger charge is 2.37. The normalized spacial score (nSPS) is 19.6. The van der Waals surface area contributed by atoms with Crippen LogP contribution in [0.15, 0.2) is 18.2 Å². The molecule has 3 heteroatoms. The van der Waals surface area contributed by atoms with Crippen LogP contribution in [0.4, 0.5) is 0 Å². The molecule has 1 saturated carbocycles. The highest BCUT2D eigenvalue weighted by Crippen LogP contribution is 2.34. The number of rotatable bonds is 5. The largest absolute Gasteiger partial charge is 0.395 e. The van der Waals surface area contributed by atoms with Gasteiger partial charge in [-0.25, -0.2) is 0 Å². The van der Waals surface area contributed by atoms with Gasteiger partial charge in [0, 0.05) is 23.6 Å². The van der Waals surface area contributed by atoms with Crippen molar-refractivity contribution < 1.29 is 9.90 Å². The number of hydrogen-bond donors (Lipinski definition) is 2. The van der Waals surface area contributed by atoms with Gasteiger partial charge in [-0.05, 0) is 43.4 Å². The third kappa shape index (κ3) is 4.34. The van der Waals surface area contributed by atoms with E-state index in [9.17, 15) is 4.79 Å². The Kier molecular flexibility index (Phi) is 5.41. The number of amides is 1. The van der Waals surface area contributed by atoms with Crippen molar-refractivity contribution in [2.24, 2.45) is 5.92 Å². The summed E-state index contributed by atoms with van der Waals surface area (Å²) in [5.41, 5.74) is 2.57. The van der Waals surface area contributed by atoms with Crippen LogP contribution >= 0.6 is 0 Å². The zero-order chi connectivity index (χ0) is 15.2. The van der Waals surface area contributed by atoms with Crippen LogP contribution in [0, 0.1) is 24.7 Å². The lowest BCUT2D eigenvalue weighted by atomic mass is 10.0. The van der Waals surface area contributed by atoms with Crippen molar-refractivity contribution in [1.82, 2.24) is 5.32 Å². The van der Waals surface area contributed by atoms with E-state index < -0.39 is 0 Å². The second kappa shape index (κ2) is 7.28. The summed E-state index contributed by atoms with van der Waals surface area (Å²) < 4.78 is 0. The van der Waals surface area contributed by atoms with Gasteiger partial charge in [0.05, 0.1) is 6.61 Å². The van der Waals surface area contributed by atoms with E-state index >= 15 is 0 Å². The number of carbonyl (C=O) groups is 1. The maximum atomic E-state index is 12.2. The van der Waals surface area contributed by atoms with E-state index in [4.69, 9.17) is 5.11 Å². The molecule has 2 rings (SSSR count). The second-order valence-electron chi connectivity index (χ2n) is 5.67. The molecule has 1 aromatic rings. The number of carbonyl (C=O) groups excluding carboxylic acids is 1. The molecule has 21 heavy (non-hydrogen) atoms. The van der Waals surface area contributed by atoms with E-state index in [1.807, 2.05) is 25.1 Å². The number of hydrogen-bond acceptors (Lipinski definition) is 2. The number of aliphatic hydroxyl groups is 1. The van der Waals surface area contributed by atoms with Gasteiger partial charge in [0.2, 0.25) is 0 Å². The predicted molar refractivity (Wildman–Crippen MR) is 84.0 cm³/mol. The van der Waals surface area contributed by atoms with Crippen LogP contribution in [0.5, 0.6) is 0 Å². The summed E-state index contributed by atoms with van der Waals surface area (Å²) in [6.45, 7) is 4.21. The molecule has 0 heterocycles. The Bertz CT molecular complexity index is 568. The van der Waals surface area contributed by atoms with Crippen molar-refractivity contribution in [3.8, 4) is 11.8 Å². The molecule has 0 bridgehead atoms. The molecule has 2 atom stereocenters. The quantitative estimate of drug-likeness (QED) is 0.817. The molecule has 0 aromatic heterocycles. The molecule has 2 unspecified atom stereocenters. The molecule has 1 fully saturated rings. The average Bonchev–Trinajstić information content (AvgIpc) is 3.19. The molecule has 1 aliphatic carbocycles. The van der Waals surface area contributed by atoms with Gasteiger partial charge in [0.25, 0.3) is 5.91 Å². The van der Waals surface area contributed by atoms with E-state index in [1.165, 1.54) is 12.8 Å². The minimum Gasteiger partial charge on any atom is -0.395 e. The number of aryl methyl sites for hydroxylation is 1. The molecule has 0 radical (unpaired) electrons. The predicted octanol–water partition coefficient (Wildman–Crippen LogP) is 2.65. The Labute approximate surface area is 126 Å². The highest BCUT2D eigenvalue weighted by molar-refractivity contribution is 5.95. The zero-order valence-corrected chi connectivity index (χ0v) is 12.8. The third-order valence-electron chi connectivity index (χ3n) is 3.86. The number of benzene rings is 1. The lowest BCUT2D eigenvalue weighted by Gasteiger charge is -2.06. The Morgan fingerprint density at radius 3 is 3.00 bits per heavy atom. The maximum absolute atomic E-state index is 12.2. The molecule has 0 spiro atoms. The van der Waals surface area contributed by atoms with Crippen LogP contribution in [-0.4, -0.2) is 23.7 Å². The summed E-state index contributed by atoms with van der Waals surface area (Å²) in [5.74, 6) is 6.57. The van der Waals surface area contributed by atoms with Gasteiger partial charge in [-0.3, -0.25) is 4.79 Å². The van der Waals surface area contributed by atoms with Crippen LogP contribution in [0.1, 0.15) is 54.1 Å². The topological polar surface area (TPSA) is 49.3 Å². The van der Waals surface area contributed by atoms with Crippen LogP contribution in [-0.2, 0) is 0 Å². The molecule has 1 amide bonds. The van der Waals surface area contributed by atoms with Crippen molar-refractivity contribution in [3.05, 3.63) is 34.9 Å². The average molecular weight is 285 g/mol. The van der Waals surface area contributed by atoms with Gasteiger partial charge in [0.15, 0.2) is 0 Å². The van der Waals surface area contributed by atoms with Gasteiger partial charge in [0.1, 0.15) is 0 Å². The van der Waals surface area contributed by atoms with Crippen molar-refractivity contribution in [2.45, 2.75) is 45.6 Å². The molecule has 0 saturated heterocycles. The lowest BCUT2D eigenvalue weighted by molar-refractivity contribution is 0.0949. The first-order valence-corrected chi connectivity index (χ1v) is 7.67. The number of aliphatic hydroxyl groups excluding tert-OH is 1. The molecule has 112 valence electrons. The Hall–Kier alpha value is -1.79. The summed E-state index contributed by atoms with van der Waals surface area (Å²) in [4.78, 5) is 12.2. The van der Waals surface area contributed by atoms with E-state index in [0.29, 0.717) is 23.9 Å². The van der Waals surface area contributed by atoms with Crippen LogP contribution < -0.4 is 5.32 Å². The molecule has 1 aliphatic rings. The Morgan fingerprint density at radius 2 is 2.29 bits per heavy atom. The first-order chi connectivity index (χ1) is 10.2. The second-order valence-corrected chi connectivity index (χ2v) is 5.67. The standard InChI is InChI=1S/C18H23NO2/c1-3-6-15-12-17(15)19-18(21)16-9-8-13(2)14(11-16)7-4-5-10-20/h8-9,11,15,17,20H,3,5-6,10,12H2,1-2H3,(H,19,21). The van der Waals surface area contributed by atoms with E-state index in [2.05, 4.69) is 24.1 Å². The Morgan fingerprint density at radius 1 is 1.48 bits per heavy atom. The molecule has 3 nitrogen and oxygen atoms in total. The van der Waals surface area contributed by atoms with E-state index in [1.54, 1.807) is 0 Å². The third-order valence-corrected chi connectivity index (χ3v) is 3.86.